The fraction of sp³-hybridized carbons (Fsp3) is 0.754. The maximum Gasteiger partial charge on any atom is 0.306 e. The van der Waals surface area contributed by atoms with E-state index in [1.54, 1.807) is 0 Å². The topological polar surface area (TPSA) is 78.9 Å². The van der Waals surface area contributed by atoms with Gasteiger partial charge in [0.25, 0.3) is 0 Å². The summed E-state index contributed by atoms with van der Waals surface area (Å²) in [6.07, 6.45) is 83.0. The van der Waals surface area contributed by atoms with Gasteiger partial charge in [-0.15, -0.1) is 0 Å². The summed E-state index contributed by atoms with van der Waals surface area (Å²) in [5.74, 6) is -0.900. The van der Waals surface area contributed by atoms with Crippen LogP contribution in [0.5, 0.6) is 0 Å². The number of allylic oxidation sites excluding steroid dienone is 14. The molecule has 0 radical (unpaired) electrons. The second-order valence-corrected chi connectivity index (χ2v) is 21.3. The highest BCUT2D eigenvalue weighted by Crippen LogP contribution is 2.15. The molecule has 0 spiro atoms. The van der Waals surface area contributed by atoms with Crippen LogP contribution in [-0.4, -0.2) is 37.2 Å². The lowest BCUT2D eigenvalue weighted by molar-refractivity contribution is -0.167. The molecular formula is C69H120O6. The van der Waals surface area contributed by atoms with Gasteiger partial charge in [0, 0.05) is 19.3 Å². The molecule has 0 aromatic rings. The maximum atomic E-state index is 12.9. The van der Waals surface area contributed by atoms with E-state index < -0.39 is 6.10 Å². The van der Waals surface area contributed by atoms with Gasteiger partial charge in [0.05, 0.1) is 0 Å². The van der Waals surface area contributed by atoms with Crippen LogP contribution in [-0.2, 0) is 28.6 Å². The number of hydrogen-bond donors (Lipinski definition) is 0. The van der Waals surface area contributed by atoms with Crippen molar-refractivity contribution in [2.75, 3.05) is 13.2 Å². The van der Waals surface area contributed by atoms with E-state index in [9.17, 15) is 14.4 Å². The first kappa shape index (κ1) is 71.6. The Hall–Kier alpha value is -3.41. The van der Waals surface area contributed by atoms with Crippen molar-refractivity contribution in [1.29, 1.82) is 0 Å². The average Bonchev–Trinajstić information content (AvgIpc) is 3.41. The number of hydrogen-bond acceptors (Lipinski definition) is 6. The zero-order valence-corrected chi connectivity index (χ0v) is 49.6. The smallest absolute Gasteiger partial charge is 0.306 e. The van der Waals surface area contributed by atoms with Crippen LogP contribution in [0.15, 0.2) is 85.1 Å². The van der Waals surface area contributed by atoms with Crippen LogP contribution in [0.1, 0.15) is 316 Å². The molecule has 0 aliphatic heterocycles. The number of rotatable bonds is 58. The highest BCUT2D eigenvalue weighted by molar-refractivity contribution is 5.71. The fourth-order valence-electron chi connectivity index (χ4n) is 8.97. The molecule has 0 saturated heterocycles. The van der Waals surface area contributed by atoms with Gasteiger partial charge in [-0.25, -0.2) is 0 Å². The Labute approximate surface area is 465 Å². The molecule has 0 aliphatic rings. The van der Waals surface area contributed by atoms with Crippen LogP contribution >= 0.6 is 0 Å². The molecule has 0 aromatic carbocycles. The standard InChI is InChI=1S/C69H120O6/c1-4-7-10-13-16-19-22-24-26-28-30-32-34-36-38-40-42-44-47-50-53-56-59-62-68(71)74-65-66(64-73-67(70)61-58-55-52-49-46-21-18-15-12-9-6-3)75-69(72)63-60-57-54-51-48-45-43-41-39-37-35-33-31-29-27-25-23-20-17-14-11-8-5-2/h15,18,22-25,28-31,34-37,66H,4-14,16-17,19-21,26-27,32-33,38-65H2,1-3H3/b18-15-,24-22-,25-23-,30-28-,31-29-,36-34-,37-35-. The quantitative estimate of drug-likeness (QED) is 0.0261. The van der Waals surface area contributed by atoms with Gasteiger partial charge in [-0.1, -0.05) is 266 Å². The van der Waals surface area contributed by atoms with Crippen LogP contribution in [0.3, 0.4) is 0 Å². The van der Waals surface area contributed by atoms with Crippen molar-refractivity contribution < 1.29 is 28.6 Å². The van der Waals surface area contributed by atoms with Crippen LogP contribution in [0.25, 0.3) is 0 Å². The van der Waals surface area contributed by atoms with Gasteiger partial charge in [0.1, 0.15) is 13.2 Å². The predicted octanol–water partition coefficient (Wildman–Crippen LogP) is 21.9. The SMILES string of the molecule is CCCC/C=C\CCCCCCCC(=O)OCC(COC(=O)CCCCCCCCCC/C=C\C/C=C\C/C=C\CCCCCCC)OC(=O)CCCCCCCCCC/C=C\C/C=C\C/C=C\CCCCCCC. The Morgan fingerprint density at radius 2 is 0.493 bits per heavy atom. The van der Waals surface area contributed by atoms with Crippen molar-refractivity contribution >= 4 is 17.9 Å². The zero-order valence-electron chi connectivity index (χ0n) is 49.6. The minimum Gasteiger partial charge on any atom is -0.462 e. The van der Waals surface area contributed by atoms with Crippen molar-refractivity contribution in [2.24, 2.45) is 0 Å². The predicted molar refractivity (Wildman–Crippen MR) is 325 cm³/mol. The third kappa shape index (κ3) is 61.3. The average molecular weight is 1050 g/mol. The van der Waals surface area contributed by atoms with Gasteiger partial charge in [-0.3, -0.25) is 14.4 Å². The van der Waals surface area contributed by atoms with Gasteiger partial charge >= 0.3 is 17.9 Å². The third-order valence-electron chi connectivity index (χ3n) is 13.8. The van der Waals surface area contributed by atoms with Gasteiger partial charge in [0.2, 0.25) is 0 Å². The molecule has 0 aromatic heterocycles. The number of esters is 3. The van der Waals surface area contributed by atoms with E-state index in [0.717, 1.165) is 103 Å². The highest BCUT2D eigenvalue weighted by Gasteiger charge is 2.19. The number of carbonyl (C=O) groups is 3. The summed E-state index contributed by atoms with van der Waals surface area (Å²) >= 11 is 0. The first-order valence-corrected chi connectivity index (χ1v) is 32.1. The van der Waals surface area contributed by atoms with Crippen molar-refractivity contribution in [2.45, 2.75) is 322 Å². The first-order chi connectivity index (χ1) is 37.0. The van der Waals surface area contributed by atoms with Gasteiger partial charge in [-0.05, 0) is 116 Å². The summed E-state index contributed by atoms with van der Waals surface area (Å²) in [7, 11) is 0. The van der Waals surface area contributed by atoms with Gasteiger partial charge < -0.3 is 14.2 Å². The molecule has 0 heterocycles. The molecule has 6 nitrogen and oxygen atoms in total. The van der Waals surface area contributed by atoms with Crippen LogP contribution in [0, 0.1) is 0 Å². The fourth-order valence-corrected chi connectivity index (χ4v) is 8.97. The van der Waals surface area contributed by atoms with E-state index in [4.69, 9.17) is 14.2 Å². The normalized spacial score (nSPS) is 12.6. The Balaban J connectivity index is 4.32. The number of carbonyl (C=O) groups excluding carboxylic acids is 3. The zero-order chi connectivity index (χ0) is 54.3. The molecule has 0 aliphatic carbocycles. The Morgan fingerprint density at radius 3 is 0.800 bits per heavy atom. The molecular weight excluding hydrogens is 925 g/mol. The molecule has 0 N–H and O–H groups in total. The molecule has 1 atom stereocenters. The van der Waals surface area contributed by atoms with Crippen LogP contribution in [0.2, 0.25) is 0 Å². The first-order valence-electron chi connectivity index (χ1n) is 32.1. The highest BCUT2D eigenvalue weighted by atomic mass is 16.6. The van der Waals surface area contributed by atoms with E-state index >= 15 is 0 Å². The summed E-state index contributed by atoms with van der Waals surface area (Å²) in [5.41, 5.74) is 0. The largest absolute Gasteiger partial charge is 0.462 e. The minimum absolute atomic E-state index is 0.0857. The van der Waals surface area contributed by atoms with Crippen molar-refractivity contribution in [3.05, 3.63) is 85.1 Å². The lowest BCUT2D eigenvalue weighted by atomic mass is 10.1. The van der Waals surface area contributed by atoms with Gasteiger partial charge in [0.15, 0.2) is 6.10 Å². The summed E-state index contributed by atoms with van der Waals surface area (Å²) in [6, 6.07) is 0. The van der Waals surface area contributed by atoms with Crippen molar-refractivity contribution in [1.82, 2.24) is 0 Å². The van der Waals surface area contributed by atoms with E-state index in [0.29, 0.717) is 19.3 Å². The Morgan fingerprint density at radius 1 is 0.267 bits per heavy atom. The molecule has 0 amide bonds. The molecule has 432 valence electrons. The van der Waals surface area contributed by atoms with Gasteiger partial charge in [-0.2, -0.15) is 0 Å². The Bertz CT molecular complexity index is 1430. The molecule has 0 rings (SSSR count). The molecule has 0 fully saturated rings. The summed E-state index contributed by atoms with van der Waals surface area (Å²) in [6.45, 7) is 6.58. The lowest BCUT2D eigenvalue weighted by Gasteiger charge is -2.18. The monoisotopic (exact) mass is 1040 g/mol. The number of unbranched alkanes of at least 4 members (excludes halogenated alkanes) is 33. The van der Waals surface area contributed by atoms with E-state index in [1.807, 2.05) is 0 Å². The molecule has 6 heteroatoms. The summed E-state index contributed by atoms with van der Waals surface area (Å²) in [5, 5.41) is 0. The maximum absolute atomic E-state index is 12.9. The molecule has 0 bridgehead atoms. The second-order valence-electron chi connectivity index (χ2n) is 21.3. The van der Waals surface area contributed by atoms with Crippen molar-refractivity contribution in [3.63, 3.8) is 0 Å². The van der Waals surface area contributed by atoms with Crippen molar-refractivity contribution in [3.8, 4) is 0 Å². The van der Waals surface area contributed by atoms with Crippen LogP contribution < -0.4 is 0 Å². The minimum atomic E-state index is -0.789. The molecule has 0 saturated carbocycles. The molecule has 75 heavy (non-hydrogen) atoms. The van der Waals surface area contributed by atoms with Crippen LogP contribution in [0.4, 0.5) is 0 Å². The number of ether oxygens (including phenoxy) is 3. The molecule has 1 unspecified atom stereocenters. The van der Waals surface area contributed by atoms with E-state index in [-0.39, 0.29) is 31.1 Å². The summed E-state index contributed by atoms with van der Waals surface area (Å²) < 4.78 is 16.9. The third-order valence-corrected chi connectivity index (χ3v) is 13.8. The second kappa shape index (κ2) is 63.1. The Kier molecular flexibility index (Phi) is 60.3. The van der Waals surface area contributed by atoms with E-state index in [2.05, 4.69) is 106 Å². The van der Waals surface area contributed by atoms with E-state index in [1.165, 1.54) is 173 Å². The lowest BCUT2D eigenvalue weighted by Crippen LogP contribution is -2.30. The summed E-state index contributed by atoms with van der Waals surface area (Å²) in [4.78, 5) is 38.3.